The molecular weight excluding hydrogens is 258 g/mol. The van der Waals surface area contributed by atoms with Crippen molar-refractivity contribution in [3.05, 3.63) is 40.0 Å². The minimum absolute atomic E-state index is 0.759. The van der Waals surface area contributed by atoms with Crippen LogP contribution in [0.25, 0.3) is 11.3 Å². The Labute approximate surface area is 118 Å². The van der Waals surface area contributed by atoms with E-state index in [9.17, 15) is 0 Å². The number of halogens is 1. The first kappa shape index (κ1) is 12.7. The van der Waals surface area contributed by atoms with Gasteiger partial charge in [0.05, 0.1) is 16.4 Å². The maximum atomic E-state index is 6.37. The Morgan fingerprint density at radius 1 is 1.21 bits per heavy atom. The van der Waals surface area contributed by atoms with Gasteiger partial charge >= 0.3 is 0 Å². The van der Waals surface area contributed by atoms with Crippen molar-refractivity contribution in [1.82, 2.24) is 15.1 Å². The van der Waals surface area contributed by atoms with E-state index in [1.807, 2.05) is 18.7 Å². The van der Waals surface area contributed by atoms with E-state index in [1.54, 1.807) is 0 Å². The molecule has 0 atom stereocenters. The summed E-state index contributed by atoms with van der Waals surface area (Å²) in [5.41, 5.74) is 5.94. The summed E-state index contributed by atoms with van der Waals surface area (Å²) < 4.78 is 1.87. The van der Waals surface area contributed by atoms with Crippen LogP contribution in [0.3, 0.4) is 0 Å². The van der Waals surface area contributed by atoms with Crippen LogP contribution in [0.1, 0.15) is 16.8 Å². The van der Waals surface area contributed by atoms with Crippen LogP contribution in [0.5, 0.6) is 0 Å². The van der Waals surface area contributed by atoms with Crippen LogP contribution >= 0.6 is 11.6 Å². The average Bonchev–Trinajstić information content (AvgIpc) is 2.59. The predicted molar refractivity (Wildman–Crippen MR) is 78.7 cm³/mol. The summed E-state index contributed by atoms with van der Waals surface area (Å²) in [5.74, 6) is 0. The molecule has 0 fully saturated rings. The second-order valence-electron chi connectivity index (χ2n) is 5.11. The second kappa shape index (κ2) is 4.99. The number of rotatable bonds is 1. The zero-order valence-electron chi connectivity index (χ0n) is 11.3. The van der Waals surface area contributed by atoms with Crippen molar-refractivity contribution >= 4 is 11.6 Å². The SMILES string of the molecule is Cc1nn(C)c(-c2ccc3c(c2)CCNCC3)c1Cl. The Morgan fingerprint density at radius 2 is 1.95 bits per heavy atom. The lowest BCUT2D eigenvalue weighted by molar-refractivity contribution is 0.711. The minimum Gasteiger partial charge on any atom is -0.316 e. The number of hydrogen-bond acceptors (Lipinski definition) is 2. The highest BCUT2D eigenvalue weighted by Gasteiger charge is 2.15. The molecule has 1 aliphatic heterocycles. The first-order valence-corrected chi connectivity index (χ1v) is 7.06. The Bertz CT molecular complexity index is 616. The van der Waals surface area contributed by atoms with Gasteiger partial charge in [0.2, 0.25) is 0 Å². The van der Waals surface area contributed by atoms with Gasteiger partial charge in [0, 0.05) is 12.6 Å². The molecule has 3 nitrogen and oxygen atoms in total. The van der Waals surface area contributed by atoms with Crippen molar-refractivity contribution < 1.29 is 0 Å². The third-order valence-electron chi connectivity index (χ3n) is 3.77. The van der Waals surface area contributed by atoms with Gasteiger partial charge in [-0.25, -0.2) is 0 Å². The van der Waals surface area contributed by atoms with Crippen molar-refractivity contribution in [1.29, 1.82) is 0 Å². The molecule has 1 aromatic heterocycles. The van der Waals surface area contributed by atoms with E-state index < -0.39 is 0 Å². The quantitative estimate of drug-likeness (QED) is 0.867. The van der Waals surface area contributed by atoms with Gasteiger partial charge in [0.15, 0.2) is 0 Å². The fourth-order valence-electron chi connectivity index (χ4n) is 2.77. The van der Waals surface area contributed by atoms with Crippen molar-refractivity contribution in [3.63, 3.8) is 0 Å². The van der Waals surface area contributed by atoms with E-state index in [2.05, 4.69) is 28.6 Å². The number of fused-ring (bicyclic) bond motifs is 1. The molecule has 0 bridgehead atoms. The normalized spacial score (nSPS) is 15.1. The van der Waals surface area contributed by atoms with Crippen LogP contribution in [0.2, 0.25) is 5.02 Å². The molecule has 0 unspecified atom stereocenters. The van der Waals surface area contributed by atoms with Crippen molar-refractivity contribution in [3.8, 4) is 11.3 Å². The molecule has 3 rings (SSSR count). The highest BCUT2D eigenvalue weighted by molar-refractivity contribution is 6.33. The number of nitrogens with one attached hydrogen (secondary N) is 1. The van der Waals surface area contributed by atoms with Crippen molar-refractivity contribution in [2.75, 3.05) is 13.1 Å². The maximum absolute atomic E-state index is 6.37. The minimum atomic E-state index is 0.759. The Morgan fingerprint density at radius 3 is 2.63 bits per heavy atom. The van der Waals surface area contributed by atoms with Crippen LogP contribution in [-0.4, -0.2) is 22.9 Å². The molecule has 1 aromatic carbocycles. The highest BCUT2D eigenvalue weighted by atomic mass is 35.5. The zero-order chi connectivity index (χ0) is 13.4. The van der Waals surface area contributed by atoms with Gasteiger partial charge in [0.1, 0.15) is 0 Å². The van der Waals surface area contributed by atoms with Crippen LogP contribution in [-0.2, 0) is 19.9 Å². The fourth-order valence-corrected chi connectivity index (χ4v) is 3.04. The molecular formula is C15H18ClN3. The van der Waals surface area contributed by atoms with Crippen LogP contribution < -0.4 is 5.32 Å². The third kappa shape index (κ3) is 2.28. The molecule has 0 amide bonds. The summed E-state index contributed by atoms with van der Waals surface area (Å²) in [6.45, 7) is 4.06. The summed E-state index contributed by atoms with van der Waals surface area (Å²) >= 11 is 6.37. The Kier molecular flexibility index (Phi) is 3.33. The van der Waals surface area contributed by atoms with Gasteiger partial charge in [-0.15, -0.1) is 0 Å². The molecule has 100 valence electrons. The summed E-state index contributed by atoms with van der Waals surface area (Å²) in [7, 11) is 1.95. The zero-order valence-corrected chi connectivity index (χ0v) is 12.1. The summed E-state index contributed by atoms with van der Waals surface area (Å²) in [6, 6.07) is 6.66. The predicted octanol–water partition coefficient (Wildman–Crippen LogP) is 2.74. The Hall–Kier alpha value is -1.32. The summed E-state index contributed by atoms with van der Waals surface area (Å²) in [4.78, 5) is 0. The van der Waals surface area contributed by atoms with E-state index in [1.165, 1.54) is 11.1 Å². The molecule has 19 heavy (non-hydrogen) atoms. The second-order valence-corrected chi connectivity index (χ2v) is 5.48. The highest BCUT2D eigenvalue weighted by Crippen LogP contribution is 2.31. The van der Waals surface area contributed by atoms with Gasteiger partial charge in [-0.2, -0.15) is 5.10 Å². The molecule has 2 aromatic rings. The third-order valence-corrected chi connectivity index (χ3v) is 4.22. The average molecular weight is 276 g/mol. The number of nitrogens with zero attached hydrogens (tertiary/aromatic N) is 2. The molecule has 0 saturated heterocycles. The van der Waals surface area contributed by atoms with Gasteiger partial charge in [-0.05, 0) is 50.0 Å². The van der Waals surface area contributed by atoms with E-state index in [4.69, 9.17) is 11.6 Å². The molecule has 1 N–H and O–H groups in total. The standard InChI is InChI=1S/C15H18ClN3/c1-10-14(16)15(19(2)18-10)13-4-3-11-5-7-17-8-6-12(11)9-13/h3-4,9,17H,5-8H2,1-2H3. The van der Waals surface area contributed by atoms with E-state index >= 15 is 0 Å². The van der Waals surface area contributed by atoms with E-state index in [0.717, 1.165) is 47.9 Å². The molecule has 4 heteroatoms. The van der Waals surface area contributed by atoms with Gasteiger partial charge in [-0.1, -0.05) is 23.7 Å². The van der Waals surface area contributed by atoms with Gasteiger partial charge < -0.3 is 5.32 Å². The topological polar surface area (TPSA) is 29.9 Å². The van der Waals surface area contributed by atoms with E-state index in [0.29, 0.717) is 0 Å². The number of aromatic nitrogens is 2. The lowest BCUT2D eigenvalue weighted by Crippen LogP contribution is -2.16. The summed E-state index contributed by atoms with van der Waals surface area (Å²) in [6.07, 6.45) is 2.19. The van der Waals surface area contributed by atoms with Crippen molar-refractivity contribution in [2.45, 2.75) is 19.8 Å². The largest absolute Gasteiger partial charge is 0.316 e. The Balaban J connectivity index is 2.09. The molecule has 0 spiro atoms. The molecule has 1 aliphatic rings. The molecule has 0 radical (unpaired) electrons. The van der Waals surface area contributed by atoms with Gasteiger partial charge in [-0.3, -0.25) is 4.68 Å². The van der Waals surface area contributed by atoms with E-state index in [-0.39, 0.29) is 0 Å². The lowest BCUT2D eigenvalue weighted by atomic mass is 9.98. The monoisotopic (exact) mass is 275 g/mol. The maximum Gasteiger partial charge on any atom is 0.0894 e. The number of aryl methyl sites for hydroxylation is 2. The molecule has 2 heterocycles. The van der Waals surface area contributed by atoms with Crippen LogP contribution in [0.15, 0.2) is 18.2 Å². The molecule has 0 aliphatic carbocycles. The smallest absolute Gasteiger partial charge is 0.0894 e. The van der Waals surface area contributed by atoms with Crippen LogP contribution in [0.4, 0.5) is 0 Å². The first-order chi connectivity index (χ1) is 9.16. The lowest BCUT2D eigenvalue weighted by Gasteiger charge is -2.09. The van der Waals surface area contributed by atoms with Crippen molar-refractivity contribution in [2.24, 2.45) is 7.05 Å². The number of hydrogen-bond donors (Lipinski definition) is 1. The number of benzene rings is 1. The molecule has 0 saturated carbocycles. The first-order valence-electron chi connectivity index (χ1n) is 6.69. The summed E-state index contributed by atoms with van der Waals surface area (Å²) in [5, 5.41) is 8.59. The van der Waals surface area contributed by atoms with Crippen LogP contribution in [0, 0.1) is 6.92 Å². The van der Waals surface area contributed by atoms with Gasteiger partial charge in [0.25, 0.3) is 0 Å². The fraction of sp³-hybridized carbons (Fsp3) is 0.400.